The number of hydrogen-bond acceptors (Lipinski definition) is 5. The van der Waals surface area contributed by atoms with Crippen molar-refractivity contribution in [1.29, 1.82) is 0 Å². The Kier molecular flexibility index (Phi) is 5.98. The Morgan fingerprint density at radius 2 is 1.84 bits per heavy atom. The summed E-state index contributed by atoms with van der Waals surface area (Å²) >= 11 is 5.75. The molecule has 1 aromatic heterocycles. The van der Waals surface area contributed by atoms with E-state index in [2.05, 4.69) is 10.1 Å². The molecule has 1 aromatic carbocycles. The van der Waals surface area contributed by atoms with Crippen LogP contribution in [0, 0.1) is 5.92 Å². The molecule has 3 heterocycles. The minimum atomic E-state index is -5.02. The van der Waals surface area contributed by atoms with Crippen molar-refractivity contribution in [2.24, 2.45) is 11.0 Å². The molecule has 0 bridgehead atoms. The molecule has 2 N–H and O–H groups in total. The zero-order chi connectivity index (χ0) is 26.8. The van der Waals surface area contributed by atoms with Gasteiger partial charge in [-0.1, -0.05) is 11.6 Å². The van der Waals surface area contributed by atoms with Crippen LogP contribution < -0.4 is 5.43 Å². The van der Waals surface area contributed by atoms with Gasteiger partial charge in [0.1, 0.15) is 5.60 Å². The maximum absolute atomic E-state index is 14.3. The number of pyridine rings is 1. The summed E-state index contributed by atoms with van der Waals surface area (Å²) in [6, 6.07) is 4.67. The molecule has 1 saturated carbocycles. The van der Waals surface area contributed by atoms with E-state index in [0.717, 1.165) is 18.9 Å². The number of hydrogen-bond donors (Lipinski definition) is 2. The maximum Gasteiger partial charge on any atom is 0.417 e. The summed E-state index contributed by atoms with van der Waals surface area (Å²) in [5.74, 6) is 0.378. The van der Waals surface area contributed by atoms with Gasteiger partial charge >= 0.3 is 12.4 Å². The number of carbonyl (C=O) groups is 1. The molecule has 2 aliphatic heterocycles. The van der Waals surface area contributed by atoms with Gasteiger partial charge in [-0.2, -0.15) is 31.4 Å². The Morgan fingerprint density at radius 3 is 2.41 bits per heavy atom. The summed E-state index contributed by atoms with van der Waals surface area (Å²) in [5, 5.41) is 14.1. The van der Waals surface area contributed by atoms with Crippen molar-refractivity contribution in [3.63, 3.8) is 0 Å². The summed E-state index contributed by atoms with van der Waals surface area (Å²) < 4.78 is 82.6. The molecular formula is C24H21ClF6N4O2. The van der Waals surface area contributed by atoms with Crippen LogP contribution in [-0.4, -0.2) is 45.9 Å². The summed E-state index contributed by atoms with van der Waals surface area (Å²) in [6.07, 6.45) is -6.96. The molecular weight excluding hydrogens is 526 g/mol. The van der Waals surface area contributed by atoms with Gasteiger partial charge in [0.25, 0.3) is 0 Å². The second-order valence-corrected chi connectivity index (χ2v) is 10.3. The van der Waals surface area contributed by atoms with Crippen LogP contribution in [0.2, 0.25) is 5.02 Å². The molecule has 5 rings (SSSR count). The maximum atomic E-state index is 14.3. The van der Waals surface area contributed by atoms with Gasteiger partial charge in [-0.3, -0.25) is 15.2 Å². The first-order valence-corrected chi connectivity index (χ1v) is 11.8. The third kappa shape index (κ3) is 4.76. The highest BCUT2D eigenvalue weighted by atomic mass is 35.5. The van der Waals surface area contributed by atoms with E-state index in [-0.39, 0.29) is 36.0 Å². The van der Waals surface area contributed by atoms with Crippen LogP contribution in [0.4, 0.5) is 26.3 Å². The number of aliphatic hydroxyl groups is 1. The molecule has 13 heteroatoms. The van der Waals surface area contributed by atoms with E-state index in [1.54, 1.807) is 0 Å². The number of carbonyl (C=O) groups excluding carboxylic acids is 1. The topological polar surface area (TPSA) is 77.8 Å². The number of likely N-dealkylation sites (tertiary alicyclic amines) is 1. The van der Waals surface area contributed by atoms with E-state index in [9.17, 15) is 36.2 Å². The van der Waals surface area contributed by atoms with Crippen LogP contribution in [0.15, 0.2) is 41.6 Å². The van der Waals surface area contributed by atoms with Crippen molar-refractivity contribution in [1.82, 2.24) is 15.3 Å². The molecule has 2 aromatic rings. The predicted octanol–water partition coefficient (Wildman–Crippen LogP) is 4.74. The van der Waals surface area contributed by atoms with E-state index in [1.807, 2.05) is 5.43 Å². The van der Waals surface area contributed by atoms with Crippen LogP contribution in [0.25, 0.3) is 0 Å². The van der Waals surface area contributed by atoms with Crippen LogP contribution >= 0.6 is 11.6 Å². The number of amides is 1. The van der Waals surface area contributed by atoms with Gasteiger partial charge in [0.2, 0.25) is 5.91 Å². The van der Waals surface area contributed by atoms with Crippen LogP contribution in [0.3, 0.4) is 0 Å². The van der Waals surface area contributed by atoms with Gasteiger partial charge in [-0.15, -0.1) is 0 Å². The average molecular weight is 547 g/mol. The first-order chi connectivity index (χ1) is 17.2. The van der Waals surface area contributed by atoms with Gasteiger partial charge in [-0.25, -0.2) is 0 Å². The predicted molar refractivity (Wildman–Crippen MR) is 121 cm³/mol. The molecule has 1 atom stereocenters. The molecule has 3 aliphatic rings. The summed E-state index contributed by atoms with van der Waals surface area (Å²) in [7, 11) is 0. The second-order valence-electron chi connectivity index (χ2n) is 9.84. The first kappa shape index (κ1) is 25.8. The normalized spacial score (nSPS) is 23.4. The Hall–Kier alpha value is -2.86. The van der Waals surface area contributed by atoms with Crippen molar-refractivity contribution < 1.29 is 36.2 Å². The van der Waals surface area contributed by atoms with Gasteiger partial charge in [-0.05, 0) is 54.7 Å². The highest BCUT2D eigenvalue weighted by Crippen LogP contribution is 2.47. The van der Waals surface area contributed by atoms with E-state index < -0.39 is 46.1 Å². The minimum Gasteiger partial charge on any atom is -0.380 e. The number of hydrazone groups is 1. The zero-order valence-electron chi connectivity index (χ0n) is 19.1. The minimum absolute atomic E-state index is 0.0339. The molecule has 2 fully saturated rings. The average Bonchev–Trinajstić information content (AvgIpc) is 3.48. The number of β-amino-alcohol motifs (C(OH)–C–C–N with tert-alkyl or cyclic N) is 1. The lowest BCUT2D eigenvalue weighted by atomic mass is 9.83. The number of halogens is 7. The molecule has 198 valence electrons. The lowest BCUT2D eigenvalue weighted by Crippen LogP contribution is -2.61. The second kappa shape index (κ2) is 8.59. The highest BCUT2D eigenvalue weighted by Gasteiger charge is 2.59. The lowest BCUT2D eigenvalue weighted by molar-refractivity contribution is -0.196. The third-order valence-electron chi connectivity index (χ3n) is 7.01. The van der Waals surface area contributed by atoms with Crippen molar-refractivity contribution in [3.8, 4) is 0 Å². The third-order valence-corrected chi connectivity index (χ3v) is 7.23. The number of alkyl halides is 6. The molecule has 6 nitrogen and oxygen atoms in total. The van der Waals surface area contributed by atoms with E-state index >= 15 is 0 Å². The van der Waals surface area contributed by atoms with E-state index in [4.69, 9.17) is 11.6 Å². The fourth-order valence-corrected chi connectivity index (χ4v) is 4.85. The number of benzene rings is 1. The fraction of sp³-hybridized carbons (Fsp3) is 0.458. The lowest BCUT2D eigenvalue weighted by Gasteiger charge is -2.46. The van der Waals surface area contributed by atoms with Crippen LogP contribution in [0.5, 0.6) is 0 Å². The van der Waals surface area contributed by atoms with E-state index in [0.29, 0.717) is 24.5 Å². The number of rotatable bonds is 5. The molecule has 1 saturated heterocycles. The van der Waals surface area contributed by atoms with Crippen LogP contribution in [0.1, 0.15) is 48.1 Å². The largest absolute Gasteiger partial charge is 0.417 e. The first-order valence-electron chi connectivity index (χ1n) is 11.5. The van der Waals surface area contributed by atoms with Crippen molar-refractivity contribution in [2.45, 2.75) is 49.2 Å². The highest BCUT2D eigenvalue weighted by molar-refractivity contribution is 6.30. The van der Waals surface area contributed by atoms with Crippen molar-refractivity contribution in [3.05, 3.63) is 63.9 Å². The summed E-state index contributed by atoms with van der Waals surface area (Å²) in [4.78, 5) is 17.9. The molecule has 1 aliphatic carbocycles. The monoisotopic (exact) mass is 546 g/mol. The molecule has 1 amide bonds. The quantitative estimate of drug-likeness (QED) is 0.531. The van der Waals surface area contributed by atoms with Crippen molar-refractivity contribution in [2.75, 3.05) is 13.1 Å². The fourth-order valence-electron chi connectivity index (χ4n) is 4.61. The molecule has 37 heavy (non-hydrogen) atoms. The van der Waals surface area contributed by atoms with Gasteiger partial charge in [0, 0.05) is 29.6 Å². The van der Waals surface area contributed by atoms with Gasteiger partial charge in [0.15, 0.2) is 5.54 Å². The summed E-state index contributed by atoms with van der Waals surface area (Å²) in [5.41, 5.74) is -3.94. The number of nitrogens with zero attached hydrogens (tertiary/aromatic N) is 3. The Labute approximate surface area is 212 Å². The standard InChI is InChI=1S/C24H21ClF6N4O2/c25-17-7-15(6-16(8-17)23(26,27)28)22(24(29,30)31)9-18(33-34-22)14-3-4-19(32-10-14)21(37)11-35(12-21)20(36)5-13-1-2-13/h3-4,6-8,10,13,34,37H,1-2,5,9,11-12H2. The zero-order valence-corrected chi connectivity index (χ0v) is 19.9. The van der Waals surface area contributed by atoms with Gasteiger partial charge in [0.05, 0.1) is 30.1 Å². The Bertz CT molecular complexity index is 1250. The smallest absolute Gasteiger partial charge is 0.380 e. The summed E-state index contributed by atoms with van der Waals surface area (Å²) in [6.45, 7) is 0.141. The molecule has 0 radical (unpaired) electrons. The number of aromatic nitrogens is 1. The molecule has 0 spiro atoms. The SMILES string of the molecule is O=C(CC1CC1)N1CC(O)(c2ccc(C3=NNC(c4cc(Cl)cc(C(F)(F)F)c4)(C(F)(F)F)C3)cn2)C1. The Balaban J connectivity index is 1.34. The Morgan fingerprint density at radius 1 is 1.14 bits per heavy atom. The molecule has 1 unspecified atom stereocenters. The van der Waals surface area contributed by atoms with Gasteiger partial charge < -0.3 is 10.0 Å². The van der Waals surface area contributed by atoms with Crippen LogP contribution in [-0.2, 0) is 22.1 Å². The van der Waals surface area contributed by atoms with Crippen molar-refractivity contribution >= 4 is 23.2 Å². The van der Waals surface area contributed by atoms with E-state index in [1.165, 1.54) is 23.2 Å². The number of nitrogens with one attached hydrogen (secondary N) is 1.